The molecule has 0 saturated carbocycles. The van der Waals surface area contributed by atoms with Crippen molar-refractivity contribution in [1.29, 1.82) is 0 Å². The second-order valence-electron chi connectivity index (χ2n) is 10.1. The molecule has 1 aliphatic rings. The predicted octanol–water partition coefficient (Wildman–Crippen LogP) is 2.36. The normalized spacial score (nSPS) is 21.6. The van der Waals surface area contributed by atoms with Crippen LogP contribution in [-0.4, -0.2) is 91.2 Å². The number of aliphatic hydroxyl groups excluding tert-OH is 3. The molecule has 236 valence electrons. The number of ether oxygens (including phenoxy) is 4. The monoisotopic (exact) mass is 625 g/mol. The lowest BCUT2D eigenvalue weighted by Crippen LogP contribution is -2.60. The molecule has 45 heavy (non-hydrogen) atoms. The summed E-state index contributed by atoms with van der Waals surface area (Å²) in [6, 6.07) is 11.9. The lowest BCUT2D eigenvalue weighted by Gasteiger charge is -2.39. The third-order valence-electron chi connectivity index (χ3n) is 6.96. The van der Waals surface area contributed by atoms with Crippen LogP contribution >= 0.6 is 0 Å². The second kappa shape index (κ2) is 12.8. The number of fused-ring (bicyclic) bond motifs is 1. The summed E-state index contributed by atoms with van der Waals surface area (Å²) in [5.41, 5.74) is 0.661. The standard InChI is InChI=1S/C31H28O14/c1-41-22-9-15(8-20(35)26(22)37)30-23(12-18-19(34)10-17(33)11-21(18)43-30)44-31-29(40)28(39)27(38)24(45-31)13-42-25(36)7-4-14-2-5-16(32)6-3-14/h2-12,24,27-29,31,38-40H,13H2,1H3,(H4-,32,33,34,35,36,37)/p+1/t24-,27-,28+,29-,31-/m1/s1. The number of hydrogen-bond acceptors (Lipinski definition) is 13. The Hall–Kier alpha value is -5.28. The zero-order valence-electron chi connectivity index (χ0n) is 23.5. The fourth-order valence-electron chi connectivity index (χ4n) is 4.59. The van der Waals surface area contributed by atoms with Crippen LogP contribution in [0.1, 0.15) is 5.56 Å². The van der Waals surface area contributed by atoms with Crippen LogP contribution in [0.2, 0.25) is 0 Å². The van der Waals surface area contributed by atoms with Crippen LogP contribution in [0.5, 0.6) is 40.2 Å². The van der Waals surface area contributed by atoms with Crippen LogP contribution < -0.4 is 9.47 Å². The van der Waals surface area contributed by atoms with Crippen LogP contribution in [0.3, 0.4) is 0 Å². The highest BCUT2D eigenvalue weighted by molar-refractivity contribution is 5.89. The highest BCUT2D eigenvalue weighted by atomic mass is 16.7. The molecule has 3 aromatic carbocycles. The van der Waals surface area contributed by atoms with Gasteiger partial charge in [-0.2, -0.15) is 0 Å². The SMILES string of the molecule is COc1cc(-c2[o+]c3cc(O)cc(O)c3cc2O[C@@H]2O[C@H](COC(=O)/C=C\c3ccc(O)cc3)[C@@H](O)[C@H](O)[C@H]2O)cc(O)c1O. The number of methoxy groups -OCH3 is 1. The number of carbonyl (C=O) groups is 1. The molecule has 1 aliphatic heterocycles. The molecule has 2 heterocycles. The van der Waals surface area contributed by atoms with Gasteiger partial charge in [0, 0.05) is 30.3 Å². The van der Waals surface area contributed by atoms with E-state index in [2.05, 4.69) is 0 Å². The first kappa shape index (κ1) is 31.2. The van der Waals surface area contributed by atoms with Gasteiger partial charge in [0.25, 0.3) is 0 Å². The summed E-state index contributed by atoms with van der Waals surface area (Å²) in [5.74, 6) is -3.13. The van der Waals surface area contributed by atoms with Crippen LogP contribution in [0, 0.1) is 0 Å². The minimum absolute atomic E-state index is 0.0212. The molecule has 8 N–H and O–H groups in total. The van der Waals surface area contributed by atoms with E-state index in [1.165, 1.54) is 43.5 Å². The molecule has 4 aromatic rings. The van der Waals surface area contributed by atoms with Crippen molar-refractivity contribution in [2.75, 3.05) is 13.7 Å². The first-order chi connectivity index (χ1) is 21.4. The van der Waals surface area contributed by atoms with E-state index in [9.17, 15) is 45.6 Å². The molecule has 0 bridgehead atoms. The van der Waals surface area contributed by atoms with Gasteiger partial charge in [0.05, 0.1) is 18.7 Å². The molecule has 5 atom stereocenters. The average molecular weight is 626 g/mol. The topological polar surface area (TPSA) is 227 Å². The Kier molecular flexibility index (Phi) is 8.83. The van der Waals surface area contributed by atoms with Crippen molar-refractivity contribution in [3.63, 3.8) is 0 Å². The van der Waals surface area contributed by atoms with Crippen LogP contribution in [0.25, 0.3) is 28.4 Å². The van der Waals surface area contributed by atoms with Crippen molar-refractivity contribution in [2.24, 2.45) is 0 Å². The van der Waals surface area contributed by atoms with E-state index in [0.29, 0.717) is 5.56 Å². The molecule has 14 nitrogen and oxygen atoms in total. The van der Waals surface area contributed by atoms with Crippen LogP contribution in [0.15, 0.2) is 65.1 Å². The highest BCUT2D eigenvalue weighted by Gasteiger charge is 2.46. The number of phenolic OH excluding ortho intramolecular Hbond substituents is 5. The Bertz CT molecular complexity index is 1740. The minimum atomic E-state index is -1.83. The van der Waals surface area contributed by atoms with E-state index in [-0.39, 0.29) is 45.3 Å². The van der Waals surface area contributed by atoms with Gasteiger partial charge in [-0.15, -0.1) is 0 Å². The summed E-state index contributed by atoms with van der Waals surface area (Å²) in [6.07, 6.45) is -5.87. The molecule has 0 radical (unpaired) electrons. The van der Waals surface area contributed by atoms with Gasteiger partial charge in [0.2, 0.25) is 17.8 Å². The van der Waals surface area contributed by atoms with Crippen molar-refractivity contribution in [1.82, 2.24) is 0 Å². The first-order valence-corrected chi connectivity index (χ1v) is 13.4. The van der Waals surface area contributed by atoms with Crippen molar-refractivity contribution in [2.45, 2.75) is 30.7 Å². The van der Waals surface area contributed by atoms with E-state index in [0.717, 1.165) is 18.2 Å². The fraction of sp³-hybridized carbons (Fsp3) is 0.226. The number of aromatic hydroxyl groups is 5. The van der Waals surface area contributed by atoms with E-state index in [1.54, 1.807) is 12.1 Å². The number of rotatable bonds is 8. The number of phenols is 5. The molecule has 0 amide bonds. The fourth-order valence-corrected chi connectivity index (χ4v) is 4.59. The second-order valence-corrected chi connectivity index (χ2v) is 10.1. The molecular weight excluding hydrogens is 596 g/mol. The van der Waals surface area contributed by atoms with E-state index in [1.807, 2.05) is 0 Å². The Morgan fingerprint density at radius 1 is 0.867 bits per heavy atom. The number of hydrogen-bond donors (Lipinski definition) is 8. The van der Waals surface area contributed by atoms with Crippen LogP contribution in [-0.2, 0) is 14.3 Å². The predicted molar refractivity (Wildman–Crippen MR) is 155 cm³/mol. The van der Waals surface area contributed by atoms with Crippen molar-refractivity contribution in [3.05, 3.63) is 66.2 Å². The molecule has 0 spiro atoms. The van der Waals surface area contributed by atoms with E-state index >= 15 is 0 Å². The first-order valence-electron chi connectivity index (χ1n) is 13.4. The van der Waals surface area contributed by atoms with Gasteiger partial charge in [0.15, 0.2) is 11.5 Å². The van der Waals surface area contributed by atoms with Gasteiger partial charge in [-0.25, -0.2) is 9.21 Å². The Morgan fingerprint density at radius 3 is 2.31 bits per heavy atom. The Morgan fingerprint density at radius 2 is 1.60 bits per heavy atom. The maximum absolute atomic E-state index is 12.3. The number of aliphatic hydroxyl groups is 3. The quantitative estimate of drug-likeness (QED) is 0.0609. The number of benzene rings is 3. The van der Waals surface area contributed by atoms with E-state index in [4.69, 9.17) is 23.4 Å². The lowest BCUT2D eigenvalue weighted by atomic mass is 9.99. The number of esters is 1. The molecule has 1 fully saturated rings. The number of carbonyl (C=O) groups excluding carboxylic acids is 1. The summed E-state index contributed by atoms with van der Waals surface area (Å²) in [4.78, 5) is 12.3. The van der Waals surface area contributed by atoms with Gasteiger partial charge >= 0.3 is 17.3 Å². The summed E-state index contributed by atoms with van der Waals surface area (Å²) in [6.45, 7) is -0.554. The van der Waals surface area contributed by atoms with Gasteiger partial charge in [-0.05, 0) is 23.8 Å². The van der Waals surface area contributed by atoms with Gasteiger partial charge in [-0.3, -0.25) is 0 Å². The summed E-state index contributed by atoms with van der Waals surface area (Å²) in [5, 5.41) is 82.0. The molecular formula is C31H29O14+. The molecule has 0 unspecified atom stereocenters. The zero-order chi connectivity index (χ0) is 32.4. The zero-order valence-corrected chi connectivity index (χ0v) is 23.5. The van der Waals surface area contributed by atoms with Crippen LogP contribution in [0.4, 0.5) is 0 Å². The largest absolute Gasteiger partial charge is 0.508 e. The summed E-state index contributed by atoms with van der Waals surface area (Å²) in [7, 11) is 1.25. The molecule has 5 rings (SSSR count). The maximum Gasteiger partial charge on any atom is 0.402 e. The third-order valence-corrected chi connectivity index (χ3v) is 6.96. The third kappa shape index (κ3) is 6.63. The Balaban J connectivity index is 1.43. The summed E-state index contributed by atoms with van der Waals surface area (Å²) >= 11 is 0. The maximum atomic E-state index is 12.3. The summed E-state index contributed by atoms with van der Waals surface area (Å²) < 4.78 is 27.7. The van der Waals surface area contributed by atoms with E-state index < -0.39 is 60.5 Å². The average Bonchev–Trinajstić information content (AvgIpc) is 3.01. The van der Waals surface area contributed by atoms with Crippen molar-refractivity contribution < 1.29 is 69.0 Å². The molecule has 1 aromatic heterocycles. The molecule has 0 aliphatic carbocycles. The Labute approximate surface area is 254 Å². The highest BCUT2D eigenvalue weighted by Crippen LogP contribution is 2.45. The minimum Gasteiger partial charge on any atom is -0.508 e. The van der Waals surface area contributed by atoms with Crippen molar-refractivity contribution in [3.8, 4) is 51.6 Å². The molecule has 1 saturated heterocycles. The van der Waals surface area contributed by atoms with Gasteiger partial charge in [-0.1, -0.05) is 12.1 Å². The van der Waals surface area contributed by atoms with Crippen molar-refractivity contribution >= 4 is 23.0 Å². The smallest absolute Gasteiger partial charge is 0.402 e. The molecule has 14 heteroatoms. The lowest BCUT2D eigenvalue weighted by molar-refractivity contribution is -0.278. The van der Waals surface area contributed by atoms with Gasteiger partial charge < -0.3 is 59.8 Å². The van der Waals surface area contributed by atoms with Gasteiger partial charge in [0.1, 0.15) is 53.7 Å².